The first kappa shape index (κ1) is 31.6. The third-order valence-electron chi connectivity index (χ3n) is 7.42. The van der Waals surface area contributed by atoms with Crippen LogP contribution in [0.4, 0.5) is 4.79 Å². The Morgan fingerprint density at radius 2 is 1.49 bits per heavy atom. The van der Waals surface area contributed by atoms with Crippen LogP contribution < -0.4 is 0 Å². The first-order valence-corrected chi connectivity index (χ1v) is 14.4. The van der Waals surface area contributed by atoms with Crippen LogP contribution in [0.3, 0.4) is 0 Å². The number of carbonyl (C=O) groups excluding carboxylic acids is 3. The van der Waals surface area contributed by atoms with Crippen LogP contribution in [0.2, 0.25) is 0 Å². The van der Waals surface area contributed by atoms with E-state index in [-0.39, 0.29) is 35.1 Å². The minimum atomic E-state index is -0.443. The van der Waals surface area contributed by atoms with Crippen molar-refractivity contribution in [2.45, 2.75) is 92.6 Å². The van der Waals surface area contributed by atoms with Crippen molar-refractivity contribution in [3.05, 3.63) is 0 Å². The van der Waals surface area contributed by atoms with Crippen LogP contribution in [0.1, 0.15) is 86.5 Å². The summed E-state index contributed by atoms with van der Waals surface area (Å²) in [6.07, 6.45) is 3.78. The van der Waals surface area contributed by atoms with Gasteiger partial charge in [0.15, 0.2) is 5.11 Å². The van der Waals surface area contributed by atoms with Crippen molar-refractivity contribution in [1.29, 1.82) is 0 Å². The molecule has 2 heterocycles. The van der Waals surface area contributed by atoms with Gasteiger partial charge in [0.05, 0.1) is 12.6 Å². The van der Waals surface area contributed by atoms with Gasteiger partial charge in [-0.1, -0.05) is 39.9 Å². The molecule has 2 aliphatic rings. The van der Waals surface area contributed by atoms with Gasteiger partial charge in [0.25, 0.3) is 0 Å². The first-order chi connectivity index (χ1) is 17.2. The highest BCUT2D eigenvalue weighted by Gasteiger charge is 2.38. The fourth-order valence-electron chi connectivity index (χ4n) is 4.85. The lowest BCUT2D eigenvalue weighted by Gasteiger charge is -2.32. The minimum Gasteiger partial charge on any atom is -0.393 e. The standard InChI is InChI=1S/C27H46N4O4S2/c1-7-28-16-22(34)30(24(28)35)18-26(3,4)14-12-20(32)10-9-11-21(33)13-15-27(5,6)19-31-23(36)17-29(8-2)25(31)37/h21,33H,7-19H2,1-6H3. The summed E-state index contributed by atoms with van der Waals surface area (Å²) in [6.45, 7) is 15.5. The second-order valence-electron chi connectivity index (χ2n) is 12.0. The summed E-state index contributed by atoms with van der Waals surface area (Å²) < 4.78 is 0. The highest BCUT2D eigenvalue weighted by Crippen LogP contribution is 2.29. The molecule has 2 fully saturated rings. The highest BCUT2D eigenvalue weighted by atomic mass is 32.1. The van der Waals surface area contributed by atoms with E-state index in [9.17, 15) is 19.5 Å². The molecule has 0 spiro atoms. The van der Waals surface area contributed by atoms with E-state index in [0.717, 1.165) is 29.6 Å². The number of nitrogens with zero attached hydrogens (tertiary/aromatic N) is 4. The second-order valence-corrected chi connectivity index (χ2v) is 12.8. The van der Waals surface area contributed by atoms with Crippen LogP contribution in [0.5, 0.6) is 0 Å². The zero-order valence-electron chi connectivity index (χ0n) is 23.5. The molecule has 0 aromatic rings. The Hall–Kier alpha value is -1.65. The lowest BCUT2D eigenvalue weighted by Crippen LogP contribution is -2.40. The van der Waals surface area contributed by atoms with Gasteiger partial charge in [-0.25, -0.2) is 4.79 Å². The van der Waals surface area contributed by atoms with Crippen LogP contribution in [0.25, 0.3) is 0 Å². The third kappa shape index (κ3) is 9.25. The number of likely N-dealkylation sites (N-methyl/N-ethyl adjacent to an activating group) is 2. The molecule has 1 atom stereocenters. The molecular formula is C27H46N4O4S2. The van der Waals surface area contributed by atoms with Gasteiger partial charge in [-0.05, 0) is 69.0 Å². The fraction of sp³-hybridized carbons (Fsp3) is 0.815. The van der Waals surface area contributed by atoms with Crippen molar-refractivity contribution in [3.8, 4) is 0 Å². The lowest BCUT2D eigenvalue weighted by molar-refractivity contribution is -0.126. The second kappa shape index (κ2) is 13.4. The zero-order valence-corrected chi connectivity index (χ0v) is 25.2. The van der Waals surface area contributed by atoms with Crippen LogP contribution in [0, 0.1) is 10.8 Å². The molecule has 1 unspecified atom stereocenters. The Bertz CT molecular complexity index is 876. The van der Waals surface area contributed by atoms with Crippen molar-refractivity contribution in [2.24, 2.45) is 10.8 Å². The minimum absolute atomic E-state index is 0.0491. The normalized spacial score (nSPS) is 18.0. The number of imide groups is 1. The van der Waals surface area contributed by atoms with Gasteiger partial charge in [0.1, 0.15) is 17.3 Å². The van der Waals surface area contributed by atoms with Gasteiger partial charge in [-0.2, -0.15) is 0 Å². The molecule has 3 amide bonds. The summed E-state index contributed by atoms with van der Waals surface area (Å²) in [4.78, 5) is 44.9. The number of rotatable bonds is 16. The van der Waals surface area contributed by atoms with E-state index in [1.165, 1.54) is 9.80 Å². The van der Waals surface area contributed by atoms with Gasteiger partial charge in [-0.15, -0.1) is 0 Å². The average Bonchev–Trinajstić information content (AvgIpc) is 3.25. The van der Waals surface area contributed by atoms with Crippen molar-refractivity contribution >= 4 is 52.3 Å². The smallest absolute Gasteiger partial charge is 0.327 e. The summed E-state index contributed by atoms with van der Waals surface area (Å²) in [5, 5.41) is 11.3. The van der Waals surface area contributed by atoms with Crippen molar-refractivity contribution in [2.75, 3.05) is 39.3 Å². The first-order valence-electron chi connectivity index (χ1n) is 13.6. The van der Waals surface area contributed by atoms with Gasteiger partial charge in [0.2, 0.25) is 5.91 Å². The van der Waals surface area contributed by atoms with Crippen LogP contribution in [0.15, 0.2) is 0 Å². The van der Waals surface area contributed by atoms with E-state index in [1.807, 2.05) is 20.8 Å². The van der Waals surface area contributed by atoms with Crippen molar-refractivity contribution < 1.29 is 19.5 Å². The van der Waals surface area contributed by atoms with E-state index in [4.69, 9.17) is 24.4 Å². The summed E-state index contributed by atoms with van der Waals surface area (Å²) in [5.74, 6) is -0.0106. The van der Waals surface area contributed by atoms with E-state index in [1.54, 1.807) is 0 Å². The number of aliphatic hydroxyl groups is 1. The Morgan fingerprint density at radius 1 is 0.892 bits per heavy atom. The average molecular weight is 555 g/mol. The Morgan fingerprint density at radius 3 is 2.05 bits per heavy atom. The summed E-state index contributed by atoms with van der Waals surface area (Å²) >= 11 is 11.1. The SMILES string of the molecule is CCN1CC(=O)N(CC(C)(C)CCC(=O)CCCC(O)CCC(C)(C)CN2C(=S)CN(CC)C2=S)C1=O. The lowest BCUT2D eigenvalue weighted by atomic mass is 9.85. The van der Waals surface area contributed by atoms with Crippen molar-refractivity contribution in [1.82, 2.24) is 19.6 Å². The number of aliphatic hydroxyl groups excluding tert-OH is 1. The molecule has 2 aliphatic heterocycles. The Labute approximate surface area is 233 Å². The molecule has 0 saturated carbocycles. The van der Waals surface area contributed by atoms with Crippen LogP contribution in [-0.2, 0) is 9.59 Å². The highest BCUT2D eigenvalue weighted by molar-refractivity contribution is 7.82. The summed E-state index contributed by atoms with van der Waals surface area (Å²) in [7, 11) is 0. The maximum absolute atomic E-state index is 12.5. The van der Waals surface area contributed by atoms with E-state index in [2.05, 4.69) is 30.6 Å². The zero-order chi connectivity index (χ0) is 28.0. The number of amides is 3. The molecular weight excluding hydrogens is 508 g/mol. The maximum atomic E-state index is 12.5. The number of hydrogen-bond donors (Lipinski definition) is 1. The van der Waals surface area contributed by atoms with Gasteiger partial charge >= 0.3 is 6.03 Å². The predicted molar refractivity (Wildman–Crippen MR) is 154 cm³/mol. The third-order valence-corrected chi connectivity index (χ3v) is 8.25. The number of carbonyl (C=O) groups is 3. The topological polar surface area (TPSA) is 84.4 Å². The molecule has 1 N–H and O–H groups in total. The number of Topliss-reactive ketones (excluding diaryl/α,β-unsaturated/α-hetero) is 1. The molecule has 10 heteroatoms. The molecule has 0 bridgehead atoms. The molecule has 2 rings (SSSR count). The quantitative estimate of drug-likeness (QED) is 0.224. The Kier molecular flexibility index (Phi) is 11.5. The van der Waals surface area contributed by atoms with Gasteiger partial charge in [0, 0.05) is 39.0 Å². The number of thiocarbonyl (C=S) groups is 2. The number of urea groups is 1. The summed E-state index contributed by atoms with van der Waals surface area (Å²) in [6, 6.07) is -0.238. The van der Waals surface area contributed by atoms with E-state index in [0.29, 0.717) is 58.2 Å². The number of ketones is 1. The molecule has 37 heavy (non-hydrogen) atoms. The van der Waals surface area contributed by atoms with E-state index < -0.39 is 6.10 Å². The van der Waals surface area contributed by atoms with E-state index >= 15 is 0 Å². The molecule has 210 valence electrons. The molecule has 2 saturated heterocycles. The molecule has 0 aromatic carbocycles. The van der Waals surface area contributed by atoms with Crippen LogP contribution in [-0.4, -0.2) is 97.9 Å². The predicted octanol–water partition coefficient (Wildman–Crippen LogP) is 4.23. The van der Waals surface area contributed by atoms with Crippen LogP contribution >= 0.6 is 24.4 Å². The van der Waals surface area contributed by atoms with Gasteiger partial charge in [-0.3, -0.25) is 14.5 Å². The number of hydrogen-bond acceptors (Lipinski definition) is 6. The fourth-order valence-corrected chi connectivity index (χ4v) is 5.58. The maximum Gasteiger partial charge on any atom is 0.327 e. The van der Waals surface area contributed by atoms with Crippen molar-refractivity contribution in [3.63, 3.8) is 0 Å². The largest absolute Gasteiger partial charge is 0.393 e. The molecule has 8 nitrogen and oxygen atoms in total. The molecule has 0 aliphatic carbocycles. The molecule has 0 aromatic heterocycles. The van der Waals surface area contributed by atoms with Gasteiger partial charge < -0.3 is 19.8 Å². The monoisotopic (exact) mass is 554 g/mol. The Balaban J connectivity index is 1.67. The summed E-state index contributed by atoms with van der Waals surface area (Å²) in [5.41, 5.74) is -0.378. The molecule has 0 radical (unpaired) electrons.